The second-order valence-electron chi connectivity index (χ2n) is 17.9. The Kier molecular flexibility index (Phi) is 16.3. The predicted octanol–water partition coefficient (Wildman–Crippen LogP) is 11.4. The van der Waals surface area contributed by atoms with Crippen LogP contribution in [0.2, 0.25) is 0 Å². The van der Waals surface area contributed by atoms with Crippen LogP contribution >= 0.6 is 0 Å². The molecule has 0 bridgehead atoms. The SMILES string of the molecule is C=CCOC12Oc3ccc(Oc4ccc(-c5ccccc5)cc4)cc3C3C(CCCCO)C(CCCCO)C=C(C(=NOC4CCCCO4)CC1N(CCC)C(=O)OCc1ccccc1)C32. The number of rotatable bonds is 21. The summed E-state index contributed by atoms with van der Waals surface area (Å²) in [6.07, 6.45) is 11.4. The fourth-order valence-electron chi connectivity index (χ4n) is 10.5. The smallest absolute Gasteiger partial charge is 0.410 e. The van der Waals surface area contributed by atoms with Crippen molar-refractivity contribution in [1.82, 2.24) is 4.90 Å². The van der Waals surface area contributed by atoms with Crippen LogP contribution in [-0.2, 0) is 25.7 Å². The van der Waals surface area contributed by atoms with E-state index in [-0.39, 0.29) is 50.6 Å². The molecular formula is C55H66N2O9. The highest BCUT2D eigenvalue weighted by molar-refractivity contribution is 6.03. The van der Waals surface area contributed by atoms with Crippen LogP contribution in [0.5, 0.6) is 17.2 Å². The molecule has 0 spiro atoms. The van der Waals surface area contributed by atoms with E-state index < -0.39 is 30.1 Å². The lowest BCUT2D eigenvalue weighted by Crippen LogP contribution is -2.70. The van der Waals surface area contributed by atoms with Crippen LogP contribution in [0.25, 0.3) is 11.1 Å². The molecule has 2 heterocycles. The molecule has 4 aliphatic rings. The van der Waals surface area contributed by atoms with Crippen LogP contribution in [0.15, 0.2) is 133 Å². The molecule has 8 rings (SSSR count). The standard InChI is InChI=1S/C55H66N2O9/c1-3-30-57(54(60)62-38-39-17-7-5-8-18-39)50-37-48(56-66-51-23-13-16-34-61-51)46-35-42(21-11-14-31-58)45(22-12-15-32-59)52-47-36-44(28-29-49(47)65-55(50,53(46)52)63-33-4-2)64-43-26-24-41(25-27-43)40-19-9-6-10-20-40/h4-10,17-20,24-29,35-36,42,45,50-53,58-59H,2-3,11-16,21-23,30-34,37-38H2,1H3. The van der Waals surface area contributed by atoms with Crippen molar-refractivity contribution in [2.24, 2.45) is 22.9 Å². The van der Waals surface area contributed by atoms with Crippen LogP contribution < -0.4 is 9.47 Å². The fourth-order valence-corrected chi connectivity index (χ4v) is 10.5. The average molecular weight is 899 g/mol. The molecule has 11 heteroatoms. The van der Waals surface area contributed by atoms with Crippen molar-refractivity contribution in [2.75, 3.05) is 33.0 Å². The van der Waals surface area contributed by atoms with Gasteiger partial charge in [-0.15, -0.1) is 6.58 Å². The Hall–Kier alpha value is -5.46. The van der Waals surface area contributed by atoms with Crippen molar-refractivity contribution in [3.63, 3.8) is 0 Å². The minimum Gasteiger partial charge on any atom is -0.459 e. The Morgan fingerprint density at radius 2 is 1.62 bits per heavy atom. The van der Waals surface area contributed by atoms with Gasteiger partial charge in [0.1, 0.15) is 29.9 Å². The first-order chi connectivity index (χ1) is 32.5. The number of ether oxygens (including phenoxy) is 5. The second kappa shape index (κ2) is 22.8. The van der Waals surface area contributed by atoms with Gasteiger partial charge < -0.3 is 38.7 Å². The number of fused-ring (bicyclic) bond motifs is 2. The van der Waals surface area contributed by atoms with Gasteiger partial charge in [0.25, 0.3) is 0 Å². The Labute approximate surface area is 390 Å². The first-order valence-corrected chi connectivity index (χ1v) is 24.1. The number of unbranched alkanes of at least 4 members (excludes halogenated alkanes) is 2. The molecule has 0 radical (unpaired) electrons. The molecule has 7 atom stereocenters. The molecule has 4 aromatic rings. The summed E-state index contributed by atoms with van der Waals surface area (Å²) in [5.41, 5.74) is 5.78. The third-order valence-corrected chi connectivity index (χ3v) is 13.5. The van der Waals surface area contributed by atoms with Crippen LogP contribution in [0.1, 0.15) is 94.6 Å². The second-order valence-corrected chi connectivity index (χ2v) is 17.9. The summed E-state index contributed by atoms with van der Waals surface area (Å²) < 4.78 is 33.4. The molecule has 66 heavy (non-hydrogen) atoms. The molecule has 2 N–H and O–H groups in total. The number of carbonyl (C=O) groups is 1. The van der Waals surface area contributed by atoms with Gasteiger partial charge in [0.15, 0.2) is 0 Å². The number of nitrogens with zero attached hydrogens (tertiary/aromatic N) is 2. The number of allylic oxidation sites excluding steroid dienone is 1. The number of amides is 1. The third kappa shape index (κ3) is 10.7. The first-order valence-electron chi connectivity index (χ1n) is 24.1. The normalized spacial score (nSPS) is 24.8. The maximum absolute atomic E-state index is 14.7. The van der Waals surface area contributed by atoms with E-state index in [2.05, 4.69) is 43.0 Å². The third-order valence-electron chi connectivity index (χ3n) is 13.5. The minimum atomic E-state index is -1.40. The van der Waals surface area contributed by atoms with Gasteiger partial charge in [-0.05, 0) is 109 Å². The fraction of sp³-hybridized carbons (Fsp3) is 0.455. The maximum atomic E-state index is 14.7. The lowest BCUT2D eigenvalue weighted by Gasteiger charge is -2.60. The van der Waals surface area contributed by atoms with E-state index in [0.29, 0.717) is 49.7 Å². The van der Waals surface area contributed by atoms with Gasteiger partial charge in [-0.25, -0.2) is 4.79 Å². The summed E-state index contributed by atoms with van der Waals surface area (Å²) in [5, 5.41) is 25.0. The molecule has 11 nitrogen and oxygen atoms in total. The summed E-state index contributed by atoms with van der Waals surface area (Å²) in [4.78, 5) is 22.7. The average Bonchev–Trinajstić information content (AvgIpc) is 3.36. The zero-order valence-corrected chi connectivity index (χ0v) is 38.3. The van der Waals surface area contributed by atoms with E-state index in [0.717, 1.165) is 78.5 Å². The van der Waals surface area contributed by atoms with E-state index in [1.165, 1.54) is 0 Å². The van der Waals surface area contributed by atoms with Crippen molar-refractivity contribution in [3.05, 3.63) is 139 Å². The Morgan fingerprint density at radius 3 is 2.33 bits per heavy atom. The number of aliphatic hydroxyl groups is 2. The number of benzene rings is 4. The quantitative estimate of drug-likeness (QED) is 0.0477. The van der Waals surface area contributed by atoms with Crippen LogP contribution in [0, 0.1) is 17.8 Å². The number of oxime groups is 1. The molecular weight excluding hydrogens is 833 g/mol. The zero-order valence-electron chi connectivity index (χ0n) is 38.3. The lowest BCUT2D eigenvalue weighted by molar-refractivity contribution is -0.255. The van der Waals surface area contributed by atoms with Crippen LogP contribution in [0.3, 0.4) is 0 Å². The minimum absolute atomic E-state index is 0.0611. The molecule has 350 valence electrons. The molecule has 2 fully saturated rings. The molecule has 4 aromatic carbocycles. The van der Waals surface area contributed by atoms with Gasteiger partial charge in [0.2, 0.25) is 12.1 Å². The first kappa shape index (κ1) is 47.0. The van der Waals surface area contributed by atoms with Gasteiger partial charge in [-0.2, -0.15) is 0 Å². The number of aliphatic hydroxyl groups excluding tert-OH is 2. The monoisotopic (exact) mass is 898 g/mol. The highest BCUT2D eigenvalue weighted by Crippen LogP contribution is 2.62. The van der Waals surface area contributed by atoms with Crippen molar-refractivity contribution in [3.8, 4) is 28.4 Å². The molecule has 1 saturated carbocycles. The van der Waals surface area contributed by atoms with Crippen molar-refractivity contribution in [1.29, 1.82) is 0 Å². The van der Waals surface area contributed by atoms with E-state index in [1.807, 2.05) is 79.7 Å². The highest BCUT2D eigenvalue weighted by atomic mass is 16.8. The van der Waals surface area contributed by atoms with E-state index in [9.17, 15) is 15.0 Å². The van der Waals surface area contributed by atoms with Crippen molar-refractivity contribution >= 4 is 11.8 Å². The van der Waals surface area contributed by atoms with Gasteiger partial charge in [-0.1, -0.05) is 110 Å². The molecule has 0 aromatic heterocycles. The van der Waals surface area contributed by atoms with E-state index in [1.54, 1.807) is 11.0 Å². The summed E-state index contributed by atoms with van der Waals surface area (Å²) >= 11 is 0. The Balaban J connectivity index is 1.27. The van der Waals surface area contributed by atoms with Gasteiger partial charge in [-0.3, -0.25) is 4.90 Å². The largest absolute Gasteiger partial charge is 0.459 e. The summed E-state index contributed by atoms with van der Waals surface area (Å²) in [6, 6.07) is 33.4. The van der Waals surface area contributed by atoms with Gasteiger partial charge >= 0.3 is 6.09 Å². The van der Waals surface area contributed by atoms with E-state index >= 15 is 0 Å². The Bertz CT molecular complexity index is 2240. The van der Waals surface area contributed by atoms with Crippen LogP contribution in [0.4, 0.5) is 4.79 Å². The topological polar surface area (TPSA) is 129 Å². The summed E-state index contributed by atoms with van der Waals surface area (Å²) in [7, 11) is 0. The molecule has 1 saturated heterocycles. The summed E-state index contributed by atoms with van der Waals surface area (Å²) in [5.74, 6) is 0.102. The van der Waals surface area contributed by atoms with Gasteiger partial charge in [0.05, 0.1) is 24.8 Å². The van der Waals surface area contributed by atoms with E-state index in [4.69, 9.17) is 33.7 Å². The van der Waals surface area contributed by atoms with Crippen molar-refractivity contribution in [2.45, 2.75) is 108 Å². The summed E-state index contributed by atoms with van der Waals surface area (Å²) in [6.45, 7) is 7.59. The van der Waals surface area contributed by atoms with Crippen LogP contribution in [-0.4, -0.2) is 78.0 Å². The molecule has 2 aliphatic heterocycles. The number of hydrogen-bond donors (Lipinski definition) is 2. The predicted molar refractivity (Wildman–Crippen MR) is 255 cm³/mol. The molecule has 7 unspecified atom stereocenters. The number of hydrogen-bond acceptors (Lipinski definition) is 10. The maximum Gasteiger partial charge on any atom is 0.410 e. The lowest BCUT2D eigenvalue weighted by atomic mass is 9.55. The Morgan fingerprint density at radius 1 is 0.894 bits per heavy atom. The highest BCUT2D eigenvalue weighted by Gasteiger charge is 2.65. The number of carbonyl (C=O) groups excluding carboxylic acids is 1. The molecule has 2 aliphatic carbocycles. The van der Waals surface area contributed by atoms with Crippen molar-refractivity contribution < 1.29 is 43.5 Å². The van der Waals surface area contributed by atoms with Gasteiger partial charge in [0, 0.05) is 44.1 Å². The molecule has 1 amide bonds. The zero-order chi connectivity index (χ0) is 45.7.